The standard InChI is InChI=1S/C32H33N7O3/c1-37(2)31(41)25-8-6-24(7-9-25)30-11-10-26(19-35-30)36-27-16-28(20-34-18-27)39-13-12-38(32(39)42)21-23-5-3-4-22(14-23)15-29(40)17-33/h3-11,14,16,18-20,36H,12-13,15,17,21,33H2,1-2H3. The first-order valence-electron chi connectivity index (χ1n) is 13.7. The molecule has 0 atom stereocenters. The summed E-state index contributed by atoms with van der Waals surface area (Å²) < 4.78 is 0. The molecule has 1 saturated heterocycles. The van der Waals surface area contributed by atoms with E-state index in [0.717, 1.165) is 33.8 Å². The van der Waals surface area contributed by atoms with Gasteiger partial charge in [0.05, 0.1) is 47.9 Å². The zero-order valence-corrected chi connectivity index (χ0v) is 23.7. The number of Topliss-reactive ketones (excluding diaryl/α,β-unsaturated/α-hetero) is 1. The van der Waals surface area contributed by atoms with Gasteiger partial charge in [-0.25, -0.2) is 4.79 Å². The van der Waals surface area contributed by atoms with Crippen molar-refractivity contribution in [1.82, 2.24) is 19.8 Å². The number of carbonyl (C=O) groups excluding carboxylic acids is 3. The molecule has 0 radical (unpaired) electrons. The van der Waals surface area contributed by atoms with Crippen LogP contribution in [0.1, 0.15) is 21.5 Å². The average molecular weight is 564 g/mol. The van der Waals surface area contributed by atoms with Crippen molar-refractivity contribution >= 4 is 34.8 Å². The van der Waals surface area contributed by atoms with Gasteiger partial charge in [-0.2, -0.15) is 0 Å². The van der Waals surface area contributed by atoms with Crippen molar-refractivity contribution in [2.24, 2.45) is 5.73 Å². The van der Waals surface area contributed by atoms with Gasteiger partial charge in [0.25, 0.3) is 5.91 Å². The van der Waals surface area contributed by atoms with Crippen LogP contribution >= 0.6 is 0 Å². The van der Waals surface area contributed by atoms with Crippen LogP contribution in [0.5, 0.6) is 0 Å². The second-order valence-corrected chi connectivity index (χ2v) is 10.4. The van der Waals surface area contributed by atoms with Crippen LogP contribution in [0.2, 0.25) is 0 Å². The number of hydrogen-bond acceptors (Lipinski definition) is 7. The number of pyridine rings is 2. The number of amides is 3. The predicted molar refractivity (Wildman–Crippen MR) is 163 cm³/mol. The summed E-state index contributed by atoms with van der Waals surface area (Å²) in [5.41, 5.74) is 11.8. The molecule has 42 heavy (non-hydrogen) atoms. The van der Waals surface area contributed by atoms with Crippen molar-refractivity contribution in [2.45, 2.75) is 13.0 Å². The van der Waals surface area contributed by atoms with Crippen LogP contribution in [0.4, 0.5) is 21.9 Å². The Morgan fingerprint density at radius 2 is 1.71 bits per heavy atom. The van der Waals surface area contributed by atoms with Crippen LogP contribution in [0.15, 0.2) is 85.3 Å². The molecule has 3 amide bonds. The molecular weight excluding hydrogens is 530 g/mol. The average Bonchev–Trinajstić information content (AvgIpc) is 3.36. The van der Waals surface area contributed by atoms with Gasteiger partial charge in [0.15, 0.2) is 5.78 Å². The summed E-state index contributed by atoms with van der Waals surface area (Å²) in [6, 6.07) is 20.7. The minimum atomic E-state index is -0.0956. The van der Waals surface area contributed by atoms with Gasteiger partial charge in [-0.3, -0.25) is 24.5 Å². The van der Waals surface area contributed by atoms with Crippen molar-refractivity contribution in [3.63, 3.8) is 0 Å². The Labute approximate surface area is 244 Å². The number of anilines is 3. The van der Waals surface area contributed by atoms with Gasteiger partial charge in [-0.05, 0) is 41.5 Å². The molecule has 0 aliphatic carbocycles. The second-order valence-electron chi connectivity index (χ2n) is 10.4. The zero-order chi connectivity index (χ0) is 29.6. The molecule has 1 fully saturated rings. The molecule has 0 unspecified atom stereocenters. The number of benzene rings is 2. The Hall–Kier alpha value is -5.09. The first kappa shape index (κ1) is 28.4. The number of nitrogens with zero attached hydrogens (tertiary/aromatic N) is 5. The van der Waals surface area contributed by atoms with E-state index < -0.39 is 0 Å². The maximum atomic E-state index is 13.3. The Morgan fingerprint density at radius 1 is 0.929 bits per heavy atom. The number of carbonyl (C=O) groups is 3. The van der Waals surface area contributed by atoms with Crippen LogP contribution in [-0.4, -0.2) is 71.2 Å². The minimum absolute atomic E-state index is 0.0174. The third-order valence-corrected chi connectivity index (χ3v) is 7.01. The molecule has 10 heteroatoms. The monoisotopic (exact) mass is 563 g/mol. The van der Waals surface area contributed by atoms with Crippen molar-refractivity contribution < 1.29 is 14.4 Å². The number of nitrogens with one attached hydrogen (secondary N) is 1. The molecule has 3 N–H and O–H groups in total. The highest BCUT2D eigenvalue weighted by molar-refractivity contribution is 5.95. The third kappa shape index (κ3) is 6.61. The molecule has 10 nitrogen and oxygen atoms in total. The van der Waals surface area contributed by atoms with Gasteiger partial charge >= 0.3 is 6.03 Å². The lowest BCUT2D eigenvalue weighted by molar-refractivity contribution is -0.117. The van der Waals surface area contributed by atoms with E-state index in [1.807, 2.05) is 54.6 Å². The molecule has 2 aromatic carbocycles. The number of hydrogen-bond donors (Lipinski definition) is 2. The summed E-state index contributed by atoms with van der Waals surface area (Å²) in [4.78, 5) is 51.1. The van der Waals surface area contributed by atoms with E-state index in [9.17, 15) is 14.4 Å². The van der Waals surface area contributed by atoms with Gasteiger partial charge < -0.3 is 20.9 Å². The molecule has 1 aliphatic rings. The Kier molecular flexibility index (Phi) is 8.54. The fraction of sp³-hybridized carbons (Fsp3) is 0.219. The molecule has 0 saturated carbocycles. The number of ketones is 1. The van der Waals surface area contributed by atoms with E-state index in [4.69, 9.17) is 5.73 Å². The normalized spacial score (nSPS) is 12.9. The molecule has 2 aromatic heterocycles. The van der Waals surface area contributed by atoms with E-state index >= 15 is 0 Å². The highest BCUT2D eigenvalue weighted by Gasteiger charge is 2.30. The molecule has 5 rings (SSSR count). The largest absolute Gasteiger partial charge is 0.353 e. The summed E-state index contributed by atoms with van der Waals surface area (Å²) in [5, 5.41) is 3.31. The molecule has 0 bridgehead atoms. The first-order valence-corrected chi connectivity index (χ1v) is 13.7. The highest BCUT2D eigenvalue weighted by atomic mass is 16.2. The fourth-order valence-corrected chi connectivity index (χ4v) is 4.82. The molecular formula is C32H33N7O3. The van der Waals surface area contributed by atoms with Crippen LogP contribution in [0.3, 0.4) is 0 Å². The van der Waals surface area contributed by atoms with Gasteiger partial charge in [0, 0.05) is 51.3 Å². The van der Waals surface area contributed by atoms with Crippen molar-refractivity contribution in [2.75, 3.05) is 43.9 Å². The second kappa shape index (κ2) is 12.6. The van der Waals surface area contributed by atoms with Crippen molar-refractivity contribution in [3.05, 3.63) is 102 Å². The fourth-order valence-electron chi connectivity index (χ4n) is 4.82. The molecule has 0 spiro atoms. The SMILES string of the molecule is CN(C)C(=O)c1ccc(-c2ccc(Nc3cncc(N4CCN(Cc5cccc(CC(=O)CN)c5)C4=O)c3)cn2)cc1. The van der Waals surface area contributed by atoms with Crippen LogP contribution in [-0.2, 0) is 17.8 Å². The van der Waals surface area contributed by atoms with E-state index in [2.05, 4.69) is 15.3 Å². The van der Waals surface area contributed by atoms with E-state index in [1.54, 1.807) is 59.5 Å². The van der Waals surface area contributed by atoms with Gasteiger partial charge in [-0.15, -0.1) is 0 Å². The minimum Gasteiger partial charge on any atom is -0.353 e. The number of aromatic nitrogens is 2. The zero-order valence-electron chi connectivity index (χ0n) is 23.7. The maximum absolute atomic E-state index is 13.3. The summed E-state index contributed by atoms with van der Waals surface area (Å²) in [5.74, 6) is -0.0664. The van der Waals surface area contributed by atoms with Crippen LogP contribution in [0, 0.1) is 0 Å². The number of urea groups is 1. The molecule has 3 heterocycles. The lowest BCUT2D eigenvalue weighted by Crippen LogP contribution is -2.31. The lowest BCUT2D eigenvalue weighted by atomic mass is 10.1. The Bertz CT molecular complexity index is 1590. The van der Waals surface area contributed by atoms with Crippen LogP contribution in [0.25, 0.3) is 11.3 Å². The molecule has 1 aliphatic heterocycles. The highest BCUT2D eigenvalue weighted by Crippen LogP contribution is 2.26. The summed E-state index contributed by atoms with van der Waals surface area (Å²) >= 11 is 0. The topological polar surface area (TPSA) is 125 Å². The van der Waals surface area contributed by atoms with E-state index in [1.165, 1.54) is 0 Å². The van der Waals surface area contributed by atoms with Gasteiger partial charge in [0.2, 0.25) is 0 Å². The lowest BCUT2D eigenvalue weighted by Gasteiger charge is -2.19. The summed E-state index contributed by atoms with van der Waals surface area (Å²) in [7, 11) is 3.45. The third-order valence-electron chi connectivity index (χ3n) is 7.01. The molecule has 214 valence electrons. The van der Waals surface area contributed by atoms with E-state index in [0.29, 0.717) is 37.3 Å². The summed E-state index contributed by atoms with van der Waals surface area (Å²) in [6.45, 7) is 1.60. The smallest absolute Gasteiger partial charge is 0.324 e. The Morgan fingerprint density at radius 3 is 2.43 bits per heavy atom. The summed E-state index contributed by atoms with van der Waals surface area (Å²) in [6.07, 6.45) is 5.40. The van der Waals surface area contributed by atoms with Gasteiger partial charge in [0.1, 0.15) is 0 Å². The molecule has 4 aromatic rings. The number of nitrogens with two attached hydrogens (primary N) is 1. The van der Waals surface area contributed by atoms with Crippen molar-refractivity contribution in [3.8, 4) is 11.3 Å². The first-order chi connectivity index (χ1) is 20.3. The number of rotatable bonds is 10. The van der Waals surface area contributed by atoms with E-state index in [-0.39, 0.29) is 24.3 Å². The quantitative estimate of drug-likeness (QED) is 0.298. The van der Waals surface area contributed by atoms with Crippen molar-refractivity contribution in [1.29, 1.82) is 0 Å². The maximum Gasteiger partial charge on any atom is 0.324 e. The Balaban J connectivity index is 1.22. The van der Waals surface area contributed by atoms with Gasteiger partial charge in [-0.1, -0.05) is 36.4 Å². The predicted octanol–water partition coefficient (Wildman–Crippen LogP) is 4.10. The van der Waals surface area contributed by atoms with Crippen LogP contribution < -0.4 is 16.0 Å².